The fourth-order valence-electron chi connectivity index (χ4n) is 2.60. The Morgan fingerprint density at radius 3 is 2.43 bits per heavy atom. The van der Waals surface area contributed by atoms with Gasteiger partial charge in [0.05, 0.1) is 10.6 Å². The molecule has 3 aromatic carbocycles. The number of nitro benzene ring substituents is 1. The summed E-state index contributed by atoms with van der Waals surface area (Å²) >= 11 is 1.44. The van der Waals surface area contributed by atoms with Gasteiger partial charge in [-0.05, 0) is 36.4 Å². The molecule has 138 valence electrons. The number of ether oxygens (including phenoxy) is 1. The molecule has 0 spiro atoms. The van der Waals surface area contributed by atoms with E-state index in [0.29, 0.717) is 16.4 Å². The largest absolute Gasteiger partial charge is 0.457 e. The minimum absolute atomic E-state index is 0.0500. The second kappa shape index (κ2) is 7.89. The first-order chi connectivity index (χ1) is 13.7. The standard InChI is InChI=1S/C21H15N3O3S/c25-24(26)17-6-4-5-15(13-17)20-14-28-21(23-20)22-16-9-11-19(12-10-16)27-18-7-2-1-3-8-18/h1-14H,(H,22,23). The zero-order valence-electron chi connectivity index (χ0n) is 14.6. The number of anilines is 2. The quantitative estimate of drug-likeness (QED) is 0.311. The number of para-hydroxylation sites is 1. The zero-order valence-corrected chi connectivity index (χ0v) is 15.4. The maximum absolute atomic E-state index is 10.9. The molecule has 28 heavy (non-hydrogen) atoms. The highest BCUT2D eigenvalue weighted by molar-refractivity contribution is 7.14. The third kappa shape index (κ3) is 4.16. The summed E-state index contributed by atoms with van der Waals surface area (Å²) in [5.41, 5.74) is 2.33. The van der Waals surface area contributed by atoms with E-state index in [-0.39, 0.29) is 5.69 Å². The van der Waals surface area contributed by atoms with Crippen LogP contribution in [-0.2, 0) is 0 Å². The smallest absolute Gasteiger partial charge is 0.270 e. The van der Waals surface area contributed by atoms with Crippen molar-refractivity contribution in [2.45, 2.75) is 0 Å². The lowest BCUT2D eigenvalue weighted by Gasteiger charge is -2.07. The van der Waals surface area contributed by atoms with E-state index in [1.165, 1.54) is 23.5 Å². The van der Waals surface area contributed by atoms with Crippen molar-refractivity contribution in [3.63, 3.8) is 0 Å². The second-order valence-corrected chi connectivity index (χ2v) is 6.77. The van der Waals surface area contributed by atoms with Gasteiger partial charge in [0.1, 0.15) is 11.5 Å². The monoisotopic (exact) mass is 389 g/mol. The van der Waals surface area contributed by atoms with Gasteiger partial charge in [-0.3, -0.25) is 10.1 Å². The number of nitrogens with zero attached hydrogens (tertiary/aromatic N) is 2. The van der Waals surface area contributed by atoms with Gasteiger partial charge in [0.2, 0.25) is 0 Å². The first kappa shape index (κ1) is 17.7. The first-order valence-corrected chi connectivity index (χ1v) is 9.36. The lowest BCUT2D eigenvalue weighted by molar-refractivity contribution is -0.384. The molecule has 1 aromatic heterocycles. The second-order valence-electron chi connectivity index (χ2n) is 5.91. The van der Waals surface area contributed by atoms with Crippen molar-refractivity contribution in [2.24, 2.45) is 0 Å². The minimum atomic E-state index is -0.409. The summed E-state index contributed by atoms with van der Waals surface area (Å²) < 4.78 is 5.78. The van der Waals surface area contributed by atoms with Crippen LogP contribution in [0.25, 0.3) is 11.3 Å². The highest BCUT2D eigenvalue weighted by Crippen LogP contribution is 2.30. The molecule has 1 N–H and O–H groups in total. The van der Waals surface area contributed by atoms with Crippen molar-refractivity contribution >= 4 is 27.8 Å². The molecule has 0 saturated carbocycles. The molecule has 0 atom stereocenters. The zero-order chi connectivity index (χ0) is 19.3. The van der Waals surface area contributed by atoms with Gasteiger partial charge in [-0.1, -0.05) is 30.3 Å². The SMILES string of the molecule is O=[N+]([O-])c1cccc(-c2csc(Nc3ccc(Oc4ccccc4)cc3)n2)c1. The first-order valence-electron chi connectivity index (χ1n) is 8.48. The molecule has 0 fully saturated rings. The number of benzene rings is 3. The number of nitrogens with one attached hydrogen (secondary N) is 1. The van der Waals surface area contributed by atoms with Crippen LogP contribution in [0.15, 0.2) is 84.2 Å². The maximum atomic E-state index is 10.9. The average molecular weight is 389 g/mol. The molecule has 0 amide bonds. The average Bonchev–Trinajstić information content (AvgIpc) is 3.19. The fraction of sp³-hybridized carbons (Fsp3) is 0. The molecule has 4 rings (SSSR count). The molecule has 4 aromatic rings. The van der Waals surface area contributed by atoms with Crippen LogP contribution in [0.2, 0.25) is 0 Å². The summed E-state index contributed by atoms with van der Waals surface area (Å²) in [5, 5.41) is 16.8. The number of non-ortho nitro benzene ring substituents is 1. The van der Waals surface area contributed by atoms with Crippen molar-refractivity contribution in [2.75, 3.05) is 5.32 Å². The van der Waals surface area contributed by atoms with Gasteiger partial charge >= 0.3 is 0 Å². The van der Waals surface area contributed by atoms with Crippen LogP contribution in [0.4, 0.5) is 16.5 Å². The number of hydrogen-bond donors (Lipinski definition) is 1. The van der Waals surface area contributed by atoms with E-state index < -0.39 is 4.92 Å². The normalized spacial score (nSPS) is 10.4. The van der Waals surface area contributed by atoms with Crippen LogP contribution in [0.1, 0.15) is 0 Å². The number of hydrogen-bond acceptors (Lipinski definition) is 6. The van der Waals surface area contributed by atoms with E-state index in [0.717, 1.165) is 17.2 Å². The van der Waals surface area contributed by atoms with Crippen LogP contribution in [0.3, 0.4) is 0 Å². The molecule has 0 aliphatic rings. The summed E-state index contributed by atoms with van der Waals surface area (Å²) in [4.78, 5) is 15.1. The molecular formula is C21H15N3O3S. The van der Waals surface area contributed by atoms with E-state index in [4.69, 9.17) is 4.74 Å². The number of aromatic nitrogens is 1. The lowest BCUT2D eigenvalue weighted by Crippen LogP contribution is -1.91. The van der Waals surface area contributed by atoms with E-state index >= 15 is 0 Å². The van der Waals surface area contributed by atoms with Gasteiger partial charge in [0.15, 0.2) is 5.13 Å². The molecule has 6 nitrogen and oxygen atoms in total. The van der Waals surface area contributed by atoms with Crippen LogP contribution in [0, 0.1) is 10.1 Å². The summed E-state index contributed by atoms with van der Waals surface area (Å²) in [7, 11) is 0. The van der Waals surface area contributed by atoms with Gasteiger partial charge in [-0.15, -0.1) is 11.3 Å². The predicted octanol–water partition coefficient (Wildman–Crippen LogP) is 6.25. The third-order valence-corrected chi connectivity index (χ3v) is 4.70. The van der Waals surface area contributed by atoms with E-state index in [1.807, 2.05) is 66.0 Å². The van der Waals surface area contributed by atoms with E-state index in [1.54, 1.807) is 6.07 Å². The lowest BCUT2D eigenvalue weighted by atomic mass is 10.1. The van der Waals surface area contributed by atoms with Crippen molar-refractivity contribution < 1.29 is 9.66 Å². The van der Waals surface area contributed by atoms with Gasteiger partial charge in [0.25, 0.3) is 5.69 Å². The Bertz CT molecular complexity index is 1100. The summed E-state index contributed by atoms with van der Waals surface area (Å²) in [6.45, 7) is 0. The van der Waals surface area contributed by atoms with Crippen molar-refractivity contribution in [3.8, 4) is 22.8 Å². The Kier molecular flexibility index (Phi) is 4.99. The topological polar surface area (TPSA) is 77.3 Å². The molecule has 0 aliphatic carbocycles. The highest BCUT2D eigenvalue weighted by atomic mass is 32.1. The Balaban J connectivity index is 1.45. The van der Waals surface area contributed by atoms with Crippen LogP contribution >= 0.6 is 11.3 Å². The Morgan fingerprint density at radius 1 is 0.929 bits per heavy atom. The van der Waals surface area contributed by atoms with Gasteiger partial charge < -0.3 is 10.1 Å². The Labute approximate surface area is 165 Å². The Hall–Kier alpha value is -3.71. The maximum Gasteiger partial charge on any atom is 0.270 e. The number of rotatable bonds is 6. The van der Waals surface area contributed by atoms with E-state index in [9.17, 15) is 10.1 Å². The summed E-state index contributed by atoms with van der Waals surface area (Å²) in [5.74, 6) is 1.53. The molecule has 0 bridgehead atoms. The Morgan fingerprint density at radius 2 is 1.68 bits per heavy atom. The van der Waals surface area contributed by atoms with Crippen molar-refractivity contribution in [1.82, 2.24) is 4.98 Å². The summed E-state index contributed by atoms with van der Waals surface area (Å²) in [6, 6.07) is 23.6. The third-order valence-electron chi connectivity index (χ3n) is 3.94. The number of nitro groups is 1. The van der Waals surface area contributed by atoms with Crippen LogP contribution in [0.5, 0.6) is 11.5 Å². The molecular weight excluding hydrogens is 374 g/mol. The van der Waals surface area contributed by atoms with Gasteiger partial charge in [-0.2, -0.15) is 0 Å². The molecule has 0 aliphatic heterocycles. The highest BCUT2D eigenvalue weighted by Gasteiger charge is 2.10. The van der Waals surface area contributed by atoms with Gasteiger partial charge in [-0.25, -0.2) is 4.98 Å². The predicted molar refractivity (Wildman–Crippen MR) is 110 cm³/mol. The molecule has 0 unspecified atom stereocenters. The molecule has 0 saturated heterocycles. The van der Waals surface area contributed by atoms with Crippen molar-refractivity contribution in [3.05, 3.63) is 94.4 Å². The van der Waals surface area contributed by atoms with Gasteiger partial charge in [0, 0.05) is 28.8 Å². The minimum Gasteiger partial charge on any atom is -0.457 e. The molecule has 0 radical (unpaired) electrons. The summed E-state index contributed by atoms with van der Waals surface area (Å²) in [6.07, 6.45) is 0. The van der Waals surface area contributed by atoms with E-state index in [2.05, 4.69) is 10.3 Å². The van der Waals surface area contributed by atoms with Crippen molar-refractivity contribution in [1.29, 1.82) is 0 Å². The number of thiazole rings is 1. The molecule has 7 heteroatoms. The fourth-order valence-corrected chi connectivity index (χ4v) is 3.34. The molecule has 1 heterocycles. The van der Waals surface area contributed by atoms with Crippen LogP contribution in [-0.4, -0.2) is 9.91 Å². The van der Waals surface area contributed by atoms with Crippen LogP contribution < -0.4 is 10.1 Å².